The Bertz CT molecular complexity index is 1150. The molecule has 1 aliphatic rings. The Kier molecular flexibility index (Phi) is 7.61. The number of morpholine rings is 1. The van der Waals surface area contributed by atoms with Crippen molar-refractivity contribution in [3.63, 3.8) is 0 Å². The molecule has 180 valence electrons. The number of ether oxygens (including phenoxy) is 3. The van der Waals surface area contributed by atoms with E-state index in [1.165, 1.54) is 29.6 Å². The molecule has 3 rings (SSSR count). The average Bonchev–Trinajstić information content (AvgIpc) is 3.11. The Hall–Kier alpha value is -2.69. The standard InChI is InChI=1S/C23H30N2O7S/c1-15(2)25-16(3)12-19(17(25)4)20(26)14-32-23(27)18-6-7-21(30-5)22(13-18)33(28,29)24-8-10-31-11-9-24/h6-7,12-13,15H,8-11,14H2,1-5H3. The molecule has 0 aliphatic carbocycles. The summed E-state index contributed by atoms with van der Waals surface area (Å²) in [6, 6.07) is 6.02. The van der Waals surface area contributed by atoms with Crippen LogP contribution >= 0.6 is 0 Å². The highest BCUT2D eigenvalue weighted by molar-refractivity contribution is 7.89. The predicted octanol–water partition coefficient (Wildman–Crippen LogP) is 2.76. The van der Waals surface area contributed by atoms with Crippen molar-refractivity contribution in [3.8, 4) is 5.75 Å². The van der Waals surface area contributed by atoms with Gasteiger partial charge in [0.05, 0.1) is 25.9 Å². The fourth-order valence-corrected chi connectivity index (χ4v) is 5.67. The zero-order valence-electron chi connectivity index (χ0n) is 19.6. The van der Waals surface area contributed by atoms with Gasteiger partial charge in [-0.25, -0.2) is 13.2 Å². The summed E-state index contributed by atoms with van der Waals surface area (Å²) in [7, 11) is -2.54. The maximum Gasteiger partial charge on any atom is 0.338 e. The van der Waals surface area contributed by atoms with Gasteiger partial charge >= 0.3 is 5.97 Å². The maximum atomic E-state index is 13.1. The number of nitrogens with zero attached hydrogens (tertiary/aromatic N) is 2. The predicted molar refractivity (Wildman–Crippen MR) is 121 cm³/mol. The van der Waals surface area contributed by atoms with Crippen LogP contribution in [-0.2, 0) is 19.5 Å². The van der Waals surface area contributed by atoms with E-state index in [0.717, 1.165) is 11.4 Å². The van der Waals surface area contributed by atoms with Crippen molar-refractivity contribution in [3.05, 3.63) is 46.8 Å². The van der Waals surface area contributed by atoms with Gasteiger partial charge in [0.25, 0.3) is 0 Å². The number of aryl methyl sites for hydroxylation is 1. The molecule has 0 bridgehead atoms. The summed E-state index contributed by atoms with van der Waals surface area (Å²) in [4.78, 5) is 25.2. The number of carbonyl (C=O) groups excluding carboxylic acids is 2. The van der Waals surface area contributed by atoms with E-state index in [4.69, 9.17) is 14.2 Å². The Morgan fingerprint density at radius 1 is 1.12 bits per heavy atom. The van der Waals surface area contributed by atoms with Crippen molar-refractivity contribution in [2.75, 3.05) is 40.0 Å². The summed E-state index contributed by atoms with van der Waals surface area (Å²) >= 11 is 0. The molecule has 1 aromatic carbocycles. The number of ketones is 1. The maximum absolute atomic E-state index is 13.1. The first-order valence-corrected chi connectivity index (χ1v) is 12.2. The van der Waals surface area contributed by atoms with E-state index in [-0.39, 0.29) is 41.1 Å². The van der Waals surface area contributed by atoms with Gasteiger partial charge in [0.15, 0.2) is 6.61 Å². The number of rotatable bonds is 8. The van der Waals surface area contributed by atoms with Gasteiger partial charge in [-0.3, -0.25) is 4.79 Å². The number of carbonyl (C=O) groups is 2. The molecule has 2 aromatic rings. The van der Waals surface area contributed by atoms with E-state index >= 15 is 0 Å². The lowest BCUT2D eigenvalue weighted by Crippen LogP contribution is -2.40. The molecule has 0 radical (unpaired) electrons. The highest BCUT2D eigenvalue weighted by Gasteiger charge is 2.30. The van der Waals surface area contributed by atoms with Crippen molar-refractivity contribution in [1.82, 2.24) is 8.87 Å². The zero-order chi connectivity index (χ0) is 24.3. The highest BCUT2D eigenvalue weighted by Crippen LogP contribution is 2.29. The number of hydrogen-bond acceptors (Lipinski definition) is 7. The van der Waals surface area contributed by atoms with Crippen LogP contribution in [0.5, 0.6) is 5.75 Å². The quantitative estimate of drug-likeness (QED) is 0.424. The van der Waals surface area contributed by atoms with Gasteiger partial charge in [0.1, 0.15) is 10.6 Å². The SMILES string of the molecule is COc1ccc(C(=O)OCC(=O)c2cc(C)n(C(C)C)c2C)cc1S(=O)(=O)N1CCOCC1. The molecule has 1 aliphatic heterocycles. The van der Waals surface area contributed by atoms with Gasteiger partial charge < -0.3 is 18.8 Å². The minimum atomic E-state index is -3.90. The summed E-state index contributed by atoms with van der Waals surface area (Å²) in [5, 5.41) is 0. The number of Topliss-reactive ketones (excluding diaryl/α,β-unsaturated/α-hetero) is 1. The van der Waals surface area contributed by atoms with Gasteiger partial charge in [0, 0.05) is 36.1 Å². The summed E-state index contributed by atoms with van der Waals surface area (Å²) < 4.78 is 45.2. The summed E-state index contributed by atoms with van der Waals surface area (Å²) in [6.07, 6.45) is 0. The van der Waals surface area contributed by atoms with E-state index in [1.807, 2.05) is 32.3 Å². The van der Waals surface area contributed by atoms with Gasteiger partial charge in [-0.05, 0) is 52.0 Å². The first kappa shape index (κ1) is 24.9. The van der Waals surface area contributed by atoms with Crippen LogP contribution in [0.25, 0.3) is 0 Å². The average molecular weight is 479 g/mol. The number of sulfonamides is 1. The second kappa shape index (κ2) is 10.1. The van der Waals surface area contributed by atoms with Crippen LogP contribution in [-0.4, -0.2) is 69.1 Å². The molecular formula is C23H30N2O7S. The zero-order valence-corrected chi connectivity index (χ0v) is 20.4. The van der Waals surface area contributed by atoms with Gasteiger partial charge in [-0.15, -0.1) is 0 Å². The molecule has 10 heteroatoms. The fourth-order valence-electron chi connectivity index (χ4n) is 4.08. The second-order valence-corrected chi connectivity index (χ2v) is 10.0. The lowest BCUT2D eigenvalue weighted by molar-refractivity contribution is 0.0474. The molecule has 33 heavy (non-hydrogen) atoms. The fraction of sp³-hybridized carbons (Fsp3) is 0.478. The first-order chi connectivity index (χ1) is 15.6. The first-order valence-electron chi connectivity index (χ1n) is 10.7. The molecule has 0 N–H and O–H groups in total. The molecule has 1 fully saturated rings. The van der Waals surface area contributed by atoms with E-state index in [9.17, 15) is 18.0 Å². The minimum Gasteiger partial charge on any atom is -0.495 e. The summed E-state index contributed by atoms with van der Waals surface area (Å²) in [5.41, 5.74) is 2.28. The molecule has 0 spiro atoms. The van der Waals surface area contributed by atoms with Crippen molar-refractivity contribution in [2.24, 2.45) is 0 Å². The molecule has 1 saturated heterocycles. The molecular weight excluding hydrogens is 448 g/mol. The third-order valence-electron chi connectivity index (χ3n) is 5.62. The van der Waals surface area contributed by atoms with Gasteiger partial charge in [0.2, 0.25) is 15.8 Å². The monoisotopic (exact) mass is 478 g/mol. The molecule has 0 amide bonds. The normalized spacial score (nSPS) is 15.0. The van der Waals surface area contributed by atoms with Crippen LogP contribution < -0.4 is 4.74 Å². The van der Waals surface area contributed by atoms with Crippen molar-refractivity contribution >= 4 is 21.8 Å². The molecule has 1 aromatic heterocycles. The molecule has 9 nitrogen and oxygen atoms in total. The Labute approximate surface area is 194 Å². The van der Waals surface area contributed by atoms with Crippen molar-refractivity contribution in [1.29, 1.82) is 0 Å². The van der Waals surface area contributed by atoms with E-state index in [2.05, 4.69) is 0 Å². The Balaban J connectivity index is 1.79. The topological polar surface area (TPSA) is 104 Å². The molecule has 0 atom stereocenters. The van der Waals surface area contributed by atoms with Gasteiger partial charge in [-0.1, -0.05) is 0 Å². The van der Waals surface area contributed by atoms with E-state index in [0.29, 0.717) is 18.8 Å². The van der Waals surface area contributed by atoms with Crippen LogP contribution in [0.15, 0.2) is 29.2 Å². The number of benzene rings is 1. The minimum absolute atomic E-state index is 0.0167. The van der Waals surface area contributed by atoms with Gasteiger partial charge in [-0.2, -0.15) is 4.31 Å². The number of esters is 1. The van der Waals surface area contributed by atoms with Crippen molar-refractivity contribution < 1.29 is 32.2 Å². The van der Waals surface area contributed by atoms with E-state index in [1.54, 1.807) is 6.07 Å². The molecule has 0 unspecified atom stereocenters. The van der Waals surface area contributed by atoms with Crippen molar-refractivity contribution in [2.45, 2.75) is 38.6 Å². The van der Waals surface area contributed by atoms with Crippen LogP contribution in [0.2, 0.25) is 0 Å². The Morgan fingerprint density at radius 3 is 2.36 bits per heavy atom. The van der Waals surface area contributed by atoms with Crippen LogP contribution in [0, 0.1) is 13.8 Å². The third kappa shape index (κ3) is 5.13. The number of hydrogen-bond donors (Lipinski definition) is 0. The molecule has 2 heterocycles. The summed E-state index contributed by atoms with van der Waals surface area (Å²) in [6.45, 7) is 8.40. The smallest absolute Gasteiger partial charge is 0.338 e. The van der Waals surface area contributed by atoms with Crippen LogP contribution in [0.1, 0.15) is 52.0 Å². The lowest BCUT2D eigenvalue weighted by atomic mass is 10.1. The molecule has 0 saturated carbocycles. The number of aromatic nitrogens is 1. The summed E-state index contributed by atoms with van der Waals surface area (Å²) in [5.74, 6) is -0.990. The lowest BCUT2D eigenvalue weighted by Gasteiger charge is -2.26. The number of methoxy groups -OCH3 is 1. The Morgan fingerprint density at radius 2 is 1.79 bits per heavy atom. The van der Waals surface area contributed by atoms with Crippen LogP contribution in [0.3, 0.4) is 0 Å². The van der Waals surface area contributed by atoms with E-state index < -0.39 is 22.6 Å². The third-order valence-corrected chi connectivity index (χ3v) is 7.54. The second-order valence-electron chi connectivity index (χ2n) is 8.13. The largest absolute Gasteiger partial charge is 0.495 e. The van der Waals surface area contributed by atoms with Crippen LogP contribution in [0.4, 0.5) is 0 Å². The highest BCUT2D eigenvalue weighted by atomic mass is 32.2.